The fraction of sp³-hybridized carbons (Fsp3) is 0.444. The number of fused-ring (bicyclic) bond motifs is 1. The Kier molecular flexibility index (Phi) is 4.27. The minimum atomic E-state index is -0.879. The number of benzene rings is 1. The molecule has 0 radical (unpaired) electrons. The molecule has 0 spiro atoms. The zero-order chi connectivity index (χ0) is 15.5. The van der Waals surface area contributed by atoms with Crippen molar-refractivity contribution in [3.63, 3.8) is 0 Å². The predicted molar refractivity (Wildman–Crippen MR) is 84.1 cm³/mol. The van der Waals surface area contributed by atoms with Crippen molar-refractivity contribution >= 4 is 18.0 Å². The maximum Gasteiger partial charge on any atom is 0.326 e. The Morgan fingerprint density at radius 1 is 1.14 bits per heavy atom. The predicted octanol–water partition coefficient (Wildman–Crippen LogP) is 2.94. The molecule has 0 unspecified atom stereocenters. The first-order valence-electron chi connectivity index (χ1n) is 7.95. The highest BCUT2D eigenvalue weighted by Crippen LogP contribution is 2.39. The van der Waals surface area contributed by atoms with Crippen molar-refractivity contribution in [2.24, 2.45) is 5.92 Å². The maximum absolute atomic E-state index is 12.6. The molecule has 1 aromatic rings. The van der Waals surface area contributed by atoms with E-state index in [-0.39, 0.29) is 11.9 Å². The summed E-state index contributed by atoms with van der Waals surface area (Å²) < 4.78 is 0. The summed E-state index contributed by atoms with van der Waals surface area (Å²) in [6.07, 6.45) is 8.08. The first kappa shape index (κ1) is 14.8. The van der Waals surface area contributed by atoms with Crippen LogP contribution in [0, 0.1) is 5.92 Å². The number of hydrogen-bond donors (Lipinski definition) is 1. The van der Waals surface area contributed by atoms with Crippen LogP contribution in [-0.2, 0) is 9.59 Å². The van der Waals surface area contributed by atoms with Gasteiger partial charge >= 0.3 is 5.97 Å². The number of likely N-dealkylation sites (tertiary alicyclic amines) is 1. The largest absolute Gasteiger partial charge is 0.480 e. The molecule has 4 heteroatoms. The van der Waals surface area contributed by atoms with Crippen LogP contribution >= 0.6 is 0 Å². The summed E-state index contributed by atoms with van der Waals surface area (Å²) in [6, 6.07) is 9.03. The number of hydrogen-bond acceptors (Lipinski definition) is 2. The zero-order valence-corrected chi connectivity index (χ0v) is 12.5. The van der Waals surface area contributed by atoms with Crippen molar-refractivity contribution in [1.82, 2.24) is 4.90 Å². The van der Waals surface area contributed by atoms with Crippen LogP contribution in [0.25, 0.3) is 6.08 Å². The number of rotatable bonds is 3. The Bertz CT molecular complexity index is 581. The molecule has 1 aliphatic heterocycles. The Morgan fingerprint density at radius 2 is 1.86 bits per heavy atom. The van der Waals surface area contributed by atoms with Crippen molar-refractivity contribution in [2.75, 3.05) is 0 Å². The standard InChI is InChI=1S/C18H21NO3/c20-17(11-10-13-6-2-1-3-7-13)19-15-9-5-4-8-14(15)12-16(19)18(21)22/h1-3,6-7,10-11,14-16H,4-5,8-9,12H2,(H,21,22)/b11-10+/t14-,15-,16-/m1/s1. The second-order valence-electron chi connectivity index (χ2n) is 6.19. The van der Waals surface area contributed by atoms with Crippen LogP contribution in [0.4, 0.5) is 0 Å². The molecule has 1 N–H and O–H groups in total. The van der Waals surface area contributed by atoms with Gasteiger partial charge in [-0.1, -0.05) is 43.2 Å². The average molecular weight is 299 g/mol. The van der Waals surface area contributed by atoms with E-state index in [1.54, 1.807) is 11.0 Å². The van der Waals surface area contributed by atoms with Crippen LogP contribution < -0.4 is 0 Å². The summed E-state index contributed by atoms with van der Waals surface area (Å²) in [5.74, 6) is -0.703. The first-order valence-corrected chi connectivity index (χ1v) is 7.95. The minimum Gasteiger partial charge on any atom is -0.480 e. The van der Waals surface area contributed by atoms with Gasteiger partial charge in [-0.2, -0.15) is 0 Å². The molecule has 0 bridgehead atoms. The van der Waals surface area contributed by atoms with E-state index in [0.29, 0.717) is 12.3 Å². The quantitative estimate of drug-likeness (QED) is 0.873. The number of nitrogens with zero attached hydrogens (tertiary/aromatic N) is 1. The third kappa shape index (κ3) is 2.91. The van der Waals surface area contributed by atoms with E-state index in [2.05, 4.69) is 0 Å². The molecule has 0 aromatic heterocycles. The lowest BCUT2D eigenvalue weighted by molar-refractivity contribution is -0.147. The molecule has 3 atom stereocenters. The van der Waals surface area contributed by atoms with Crippen LogP contribution in [0.1, 0.15) is 37.7 Å². The highest BCUT2D eigenvalue weighted by Gasteiger charge is 2.46. The highest BCUT2D eigenvalue weighted by molar-refractivity contribution is 5.95. The van der Waals surface area contributed by atoms with Gasteiger partial charge in [0.15, 0.2) is 0 Å². The number of carboxylic acid groups (broad SMARTS) is 1. The van der Waals surface area contributed by atoms with Crippen LogP contribution in [-0.4, -0.2) is 34.0 Å². The third-order valence-electron chi connectivity index (χ3n) is 4.85. The molecule has 1 aromatic carbocycles. The topological polar surface area (TPSA) is 57.6 Å². The van der Waals surface area contributed by atoms with E-state index in [9.17, 15) is 14.7 Å². The van der Waals surface area contributed by atoms with Crippen LogP contribution in [0.3, 0.4) is 0 Å². The third-order valence-corrected chi connectivity index (χ3v) is 4.85. The van der Waals surface area contributed by atoms with E-state index in [1.807, 2.05) is 30.3 Å². The number of carboxylic acids is 1. The van der Waals surface area contributed by atoms with Crippen molar-refractivity contribution < 1.29 is 14.7 Å². The first-order chi connectivity index (χ1) is 10.7. The Labute approximate surface area is 130 Å². The molecule has 2 fully saturated rings. The fourth-order valence-electron chi connectivity index (χ4n) is 3.82. The molecule has 1 aliphatic carbocycles. The van der Waals surface area contributed by atoms with E-state index < -0.39 is 12.0 Å². The smallest absolute Gasteiger partial charge is 0.326 e. The van der Waals surface area contributed by atoms with Crippen molar-refractivity contribution in [3.8, 4) is 0 Å². The van der Waals surface area contributed by atoms with Gasteiger partial charge in [0.25, 0.3) is 0 Å². The Balaban J connectivity index is 1.79. The van der Waals surface area contributed by atoms with E-state index in [4.69, 9.17) is 0 Å². The molecule has 1 saturated heterocycles. The van der Waals surface area contributed by atoms with Gasteiger partial charge in [-0.15, -0.1) is 0 Å². The van der Waals surface area contributed by atoms with Crippen LogP contribution in [0.5, 0.6) is 0 Å². The number of carbonyl (C=O) groups excluding carboxylic acids is 1. The van der Waals surface area contributed by atoms with Gasteiger partial charge in [0.1, 0.15) is 6.04 Å². The van der Waals surface area contributed by atoms with Crippen LogP contribution in [0.2, 0.25) is 0 Å². The normalized spacial score (nSPS) is 27.8. The summed E-state index contributed by atoms with van der Waals surface area (Å²) in [6.45, 7) is 0. The van der Waals surface area contributed by atoms with Gasteiger partial charge in [-0.3, -0.25) is 4.79 Å². The molecule has 116 valence electrons. The average Bonchev–Trinajstić information content (AvgIpc) is 2.93. The number of carbonyl (C=O) groups is 2. The lowest BCUT2D eigenvalue weighted by Crippen LogP contribution is -2.45. The maximum atomic E-state index is 12.6. The Morgan fingerprint density at radius 3 is 2.59 bits per heavy atom. The van der Waals surface area contributed by atoms with E-state index in [1.165, 1.54) is 6.08 Å². The molecular formula is C18H21NO3. The van der Waals surface area contributed by atoms with E-state index in [0.717, 1.165) is 31.2 Å². The zero-order valence-electron chi connectivity index (χ0n) is 12.5. The lowest BCUT2D eigenvalue weighted by Gasteiger charge is -2.32. The van der Waals surface area contributed by atoms with Gasteiger partial charge < -0.3 is 10.0 Å². The fourth-order valence-corrected chi connectivity index (χ4v) is 3.82. The van der Waals surface area contributed by atoms with E-state index >= 15 is 0 Å². The minimum absolute atomic E-state index is 0.0998. The molecule has 1 amide bonds. The molecule has 1 saturated carbocycles. The molecule has 2 aliphatic rings. The molecule has 22 heavy (non-hydrogen) atoms. The summed E-state index contributed by atoms with van der Waals surface area (Å²) in [7, 11) is 0. The van der Waals surface area contributed by atoms with Gasteiger partial charge in [0.05, 0.1) is 0 Å². The van der Waals surface area contributed by atoms with Gasteiger partial charge in [0.2, 0.25) is 5.91 Å². The Hall–Kier alpha value is -2.10. The monoisotopic (exact) mass is 299 g/mol. The van der Waals surface area contributed by atoms with Gasteiger partial charge in [0, 0.05) is 12.1 Å². The number of aliphatic carboxylic acids is 1. The summed E-state index contributed by atoms with van der Waals surface area (Å²) in [5.41, 5.74) is 0.946. The molecule has 4 nitrogen and oxygen atoms in total. The summed E-state index contributed by atoms with van der Waals surface area (Å²) in [5, 5.41) is 9.45. The van der Waals surface area contributed by atoms with Crippen molar-refractivity contribution in [3.05, 3.63) is 42.0 Å². The summed E-state index contributed by atoms with van der Waals surface area (Å²) >= 11 is 0. The lowest BCUT2D eigenvalue weighted by atomic mass is 9.85. The highest BCUT2D eigenvalue weighted by atomic mass is 16.4. The number of amides is 1. The second kappa shape index (κ2) is 6.34. The molecular weight excluding hydrogens is 278 g/mol. The summed E-state index contributed by atoms with van der Waals surface area (Å²) in [4.78, 5) is 25.7. The van der Waals surface area contributed by atoms with Crippen molar-refractivity contribution in [2.45, 2.75) is 44.2 Å². The van der Waals surface area contributed by atoms with Gasteiger partial charge in [-0.05, 0) is 36.8 Å². The second-order valence-corrected chi connectivity index (χ2v) is 6.19. The molecule has 3 rings (SSSR count). The SMILES string of the molecule is O=C(O)[C@H]1C[C@H]2CCCC[C@H]2N1C(=O)/C=C/c1ccccc1. The van der Waals surface area contributed by atoms with Crippen molar-refractivity contribution in [1.29, 1.82) is 0 Å². The molecule has 1 heterocycles. The van der Waals surface area contributed by atoms with Gasteiger partial charge in [-0.25, -0.2) is 4.79 Å². The van der Waals surface area contributed by atoms with Crippen LogP contribution in [0.15, 0.2) is 36.4 Å².